The maximum absolute atomic E-state index is 13.4. The minimum Gasteiger partial charge on any atom is -0.362 e. The molecular weight excluding hydrogens is 273 g/mol. The molecule has 0 amide bonds. The van der Waals surface area contributed by atoms with Crippen LogP contribution in [0.4, 0.5) is 10.1 Å². The van der Waals surface area contributed by atoms with Gasteiger partial charge in [-0.2, -0.15) is 4.39 Å². The summed E-state index contributed by atoms with van der Waals surface area (Å²) < 4.78 is 13.4. The summed E-state index contributed by atoms with van der Waals surface area (Å²) >= 11 is 1.25. The van der Waals surface area contributed by atoms with Crippen LogP contribution >= 0.6 is 11.3 Å². The Bertz CT molecular complexity index is 584. The number of halogens is 1. The molecule has 20 heavy (non-hydrogen) atoms. The largest absolute Gasteiger partial charge is 0.362 e. The number of fused-ring (bicyclic) bond motifs is 1. The van der Waals surface area contributed by atoms with E-state index in [0.29, 0.717) is 0 Å². The predicted octanol–water partition coefficient (Wildman–Crippen LogP) is 3.00. The van der Waals surface area contributed by atoms with Crippen LogP contribution in [-0.4, -0.2) is 25.1 Å². The third kappa shape index (κ3) is 2.55. The van der Waals surface area contributed by atoms with Gasteiger partial charge in [-0.25, -0.2) is 0 Å². The first-order valence-electron chi connectivity index (χ1n) is 6.90. The van der Waals surface area contributed by atoms with Gasteiger partial charge in [-0.3, -0.25) is 4.98 Å². The van der Waals surface area contributed by atoms with E-state index >= 15 is 0 Å². The van der Waals surface area contributed by atoms with Crippen molar-refractivity contribution in [1.82, 2.24) is 10.3 Å². The molecule has 2 aromatic rings. The fourth-order valence-electron chi connectivity index (χ4n) is 2.79. The molecule has 0 spiro atoms. The highest BCUT2D eigenvalue weighted by molar-refractivity contribution is 7.10. The lowest BCUT2D eigenvalue weighted by Crippen LogP contribution is -2.28. The topological polar surface area (TPSA) is 28.2 Å². The van der Waals surface area contributed by atoms with Gasteiger partial charge in [0, 0.05) is 24.0 Å². The second-order valence-electron chi connectivity index (χ2n) is 4.96. The van der Waals surface area contributed by atoms with E-state index in [2.05, 4.69) is 21.3 Å². The van der Waals surface area contributed by atoms with Gasteiger partial charge >= 0.3 is 0 Å². The number of rotatable bonds is 5. The highest BCUT2D eigenvalue weighted by Gasteiger charge is 2.28. The molecule has 0 saturated heterocycles. The molecule has 106 valence electrons. The molecule has 0 aliphatic carbocycles. The van der Waals surface area contributed by atoms with Gasteiger partial charge in [0.2, 0.25) is 0 Å². The van der Waals surface area contributed by atoms with Crippen molar-refractivity contribution in [1.29, 1.82) is 0 Å². The molecule has 1 N–H and O–H groups in total. The van der Waals surface area contributed by atoms with Crippen molar-refractivity contribution in [2.24, 2.45) is 0 Å². The lowest BCUT2D eigenvalue weighted by Gasteiger charge is -2.29. The van der Waals surface area contributed by atoms with Gasteiger partial charge in [0.1, 0.15) is 0 Å². The molecule has 0 radical (unpaired) electrons. The first-order valence-corrected chi connectivity index (χ1v) is 7.71. The Morgan fingerprint density at radius 2 is 2.35 bits per heavy atom. The minimum atomic E-state index is -0.111. The third-order valence-corrected chi connectivity index (χ3v) is 4.71. The summed E-state index contributed by atoms with van der Waals surface area (Å²) in [6.45, 7) is 1.87. The number of thiophene rings is 1. The number of hydrogen-bond donors (Lipinski definition) is 1. The molecule has 3 heterocycles. The van der Waals surface area contributed by atoms with E-state index < -0.39 is 0 Å². The summed E-state index contributed by atoms with van der Waals surface area (Å²) in [6, 6.07) is 7.79. The van der Waals surface area contributed by atoms with Crippen LogP contribution in [0.2, 0.25) is 0 Å². The number of nitrogens with zero attached hydrogens (tertiary/aromatic N) is 2. The van der Waals surface area contributed by atoms with Crippen LogP contribution in [0.3, 0.4) is 0 Å². The van der Waals surface area contributed by atoms with Crippen molar-refractivity contribution in [2.75, 3.05) is 25.0 Å². The van der Waals surface area contributed by atoms with Crippen molar-refractivity contribution in [3.63, 3.8) is 0 Å². The zero-order valence-corrected chi connectivity index (χ0v) is 12.3. The number of aromatic nitrogens is 1. The molecule has 1 unspecified atom stereocenters. The van der Waals surface area contributed by atoms with E-state index in [1.807, 2.05) is 25.4 Å². The van der Waals surface area contributed by atoms with Crippen molar-refractivity contribution in [3.8, 4) is 0 Å². The fourth-order valence-corrected chi connectivity index (χ4v) is 3.67. The van der Waals surface area contributed by atoms with Crippen molar-refractivity contribution < 1.29 is 4.39 Å². The highest BCUT2D eigenvalue weighted by atomic mass is 32.1. The van der Waals surface area contributed by atoms with Gasteiger partial charge < -0.3 is 10.2 Å². The van der Waals surface area contributed by atoms with Crippen molar-refractivity contribution in [3.05, 3.63) is 46.2 Å². The van der Waals surface area contributed by atoms with Crippen molar-refractivity contribution >= 4 is 17.0 Å². The van der Waals surface area contributed by atoms with Gasteiger partial charge in [-0.1, -0.05) is 0 Å². The zero-order valence-electron chi connectivity index (χ0n) is 11.5. The van der Waals surface area contributed by atoms with E-state index in [0.717, 1.165) is 36.5 Å². The fraction of sp³-hybridized carbons (Fsp3) is 0.400. The van der Waals surface area contributed by atoms with E-state index in [9.17, 15) is 4.39 Å². The molecule has 3 rings (SSSR count). The minimum absolute atomic E-state index is 0.111. The molecule has 1 aliphatic rings. The van der Waals surface area contributed by atoms with Crippen LogP contribution in [0.5, 0.6) is 0 Å². The smallest absolute Gasteiger partial charge is 0.176 e. The Kier molecular flexibility index (Phi) is 3.98. The van der Waals surface area contributed by atoms with Gasteiger partial charge in [-0.05, 0) is 44.3 Å². The second kappa shape index (κ2) is 5.89. The first kappa shape index (κ1) is 13.5. The van der Waals surface area contributed by atoms with E-state index in [4.69, 9.17) is 0 Å². The molecule has 0 fully saturated rings. The summed E-state index contributed by atoms with van der Waals surface area (Å²) in [6.07, 6.45) is 3.78. The molecule has 1 atom stereocenters. The number of nitrogens with one attached hydrogen (secondary N) is 1. The Morgan fingerprint density at radius 3 is 3.10 bits per heavy atom. The number of anilines is 1. The quantitative estimate of drug-likeness (QED) is 0.918. The zero-order chi connectivity index (χ0) is 13.9. The number of hydrogen-bond acceptors (Lipinski definition) is 4. The molecule has 1 aliphatic heterocycles. The monoisotopic (exact) mass is 291 g/mol. The van der Waals surface area contributed by atoms with Crippen LogP contribution in [0.25, 0.3) is 0 Å². The van der Waals surface area contributed by atoms with Gasteiger partial charge in [0.25, 0.3) is 0 Å². The molecule has 0 saturated carbocycles. The molecule has 2 aromatic heterocycles. The predicted molar refractivity (Wildman–Crippen MR) is 80.8 cm³/mol. The van der Waals surface area contributed by atoms with Crippen LogP contribution in [0, 0.1) is 5.13 Å². The summed E-state index contributed by atoms with van der Waals surface area (Å²) in [4.78, 5) is 7.90. The molecule has 5 heteroatoms. The lowest BCUT2D eigenvalue weighted by molar-refractivity contribution is 0.576. The van der Waals surface area contributed by atoms with Crippen LogP contribution in [-0.2, 0) is 6.42 Å². The lowest BCUT2D eigenvalue weighted by atomic mass is 10.1. The second-order valence-corrected chi connectivity index (χ2v) is 6.03. The number of pyridine rings is 1. The third-order valence-electron chi connectivity index (χ3n) is 3.73. The average molecular weight is 291 g/mol. The van der Waals surface area contributed by atoms with E-state index in [1.165, 1.54) is 17.0 Å². The first-order chi connectivity index (χ1) is 9.79. The Hall–Kier alpha value is -1.46. The summed E-state index contributed by atoms with van der Waals surface area (Å²) in [7, 11) is 1.95. The normalized spacial score (nSPS) is 15.4. The van der Waals surface area contributed by atoms with E-state index in [-0.39, 0.29) is 11.2 Å². The molecule has 3 nitrogen and oxygen atoms in total. The van der Waals surface area contributed by atoms with Gasteiger partial charge in [0.15, 0.2) is 5.13 Å². The van der Waals surface area contributed by atoms with E-state index in [1.54, 1.807) is 6.07 Å². The molecular formula is C15H18FN3S. The van der Waals surface area contributed by atoms with Crippen LogP contribution in [0.1, 0.15) is 23.0 Å². The summed E-state index contributed by atoms with van der Waals surface area (Å²) in [5.74, 6) is 0. The molecule has 0 aromatic carbocycles. The standard InChI is InChI=1S/C15H18FN3S/c1-17-9-6-13(14-4-5-15(16)20-14)19-10-7-11-12(19)3-2-8-18-11/h2-5,8,13,17H,6-7,9-10H2,1H3. The Morgan fingerprint density at radius 1 is 1.45 bits per heavy atom. The maximum Gasteiger partial charge on any atom is 0.176 e. The SMILES string of the molecule is CNCCC(c1ccc(F)s1)N1CCc2ncccc21. The summed E-state index contributed by atoms with van der Waals surface area (Å²) in [5.41, 5.74) is 2.35. The average Bonchev–Trinajstić information content (AvgIpc) is 3.07. The highest BCUT2D eigenvalue weighted by Crippen LogP contribution is 2.37. The molecule has 0 bridgehead atoms. The Balaban J connectivity index is 1.90. The Labute approximate surface area is 122 Å². The van der Waals surface area contributed by atoms with Crippen molar-refractivity contribution in [2.45, 2.75) is 18.9 Å². The van der Waals surface area contributed by atoms with Crippen LogP contribution in [0.15, 0.2) is 30.5 Å². The van der Waals surface area contributed by atoms with Gasteiger partial charge in [-0.15, -0.1) is 11.3 Å². The van der Waals surface area contributed by atoms with Gasteiger partial charge in [0.05, 0.1) is 17.4 Å². The summed E-state index contributed by atoms with van der Waals surface area (Å²) in [5, 5.41) is 3.08. The van der Waals surface area contributed by atoms with Crippen LogP contribution < -0.4 is 10.2 Å². The maximum atomic E-state index is 13.4.